The van der Waals surface area contributed by atoms with Crippen molar-refractivity contribution in [2.45, 2.75) is 18.9 Å². The van der Waals surface area contributed by atoms with Crippen LogP contribution in [-0.4, -0.2) is 42.6 Å². The Morgan fingerprint density at radius 2 is 2.03 bits per heavy atom. The van der Waals surface area contributed by atoms with Gasteiger partial charge in [-0.05, 0) is 31.1 Å². The van der Waals surface area contributed by atoms with Gasteiger partial charge >= 0.3 is 0 Å². The van der Waals surface area contributed by atoms with E-state index in [-0.39, 0.29) is 17.9 Å². The molecule has 2 amide bonds. The maximum atomic E-state index is 12.5. The highest BCUT2D eigenvalue weighted by Gasteiger charge is 2.33. The van der Waals surface area contributed by atoms with Gasteiger partial charge in [-0.3, -0.25) is 19.3 Å². The van der Waals surface area contributed by atoms with Crippen molar-refractivity contribution in [3.05, 3.63) is 72.3 Å². The highest BCUT2D eigenvalue weighted by Crippen LogP contribution is 2.36. The van der Waals surface area contributed by atoms with Crippen LogP contribution in [0.3, 0.4) is 0 Å². The number of carbonyl (C=O) groups is 2. The van der Waals surface area contributed by atoms with Crippen molar-refractivity contribution in [3.8, 4) is 11.3 Å². The Morgan fingerprint density at radius 3 is 2.76 bits per heavy atom. The van der Waals surface area contributed by atoms with Crippen LogP contribution in [0.5, 0.6) is 0 Å². The summed E-state index contributed by atoms with van der Waals surface area (Å²) in [6, 6.07) is 6.95. The second-order valence-electron chi connectivity index (χ2n) is 7.61. The van der Waals surface area contributed by atoms with E-state index in [1.807, 2.05) is 22.7 Å². The Balaban J connectivity index is 1.53. The van der Waals surface area contributed by atoms with Crippen LogP contribution in [0.1, 0.15) is 35.1 Å². The van der Waals surface area contributed by atoms with Crippen molar-refractivity contribution >= 4 is 39.6 Å². The van der Waals surface area contributed by atoms with Crippen molar-refractivity contribution in [1.29, 1.82) is 0 Å². The number of thiazole rings is 1. The van der Waals surface area contributed by atoms with Gasteiger partial charge in [0.2, 0.25) is 5.91 Å². The molecule has 4 heterocycles. The van der Waals surface area contributed by atoms with E-state index in [0.717, 1.165) is 24.2 Å². The number of nitrogens with one attached hydrogen (secondary N) is 1. The highest BCUT2D eigenvalue weighted by atomic mass is 32.1. The van der Waals surface area contributed by atoms with Gasteiger partial charge in [-0.1, -0.05) is 18.7 Å². The van der Waals surface area contributed by atoms with E-state index in [2.05, 4.69) is 21.9 Å². The molecule has 0 spiro atoms. The van der Waals surface area contributed by atoms with Crippen LogP contribution < -0.4 is 11.1 Å². The number of aromatic nitrogens is 4. The topological polar surface area (TPSA) is 119 Å². The number of imidazole rings is 1. The van der Waals surface area contributed by atoms with Crippen molar-refractivity contribution < 1.29 is 9.59 Å². The summed E-state index contributed by atoms with van der Waals surface area (Å²) in [6.07, 6.45) is 8.09. The smallest absolute Gasteiger partial charge is 0.257 e. The lowest BCUT2D eigenvalue weighted by atomic mass is 10.1. The van der Waals surface area contributed by atoms with Crippen molar-refractivity contribution in [2.75, 3.05) is 17.6 Å². The third kappa shape index (κ3) is 3.74. The summed E-state index contributed by atoms with van der Waals surface area (Å²) in [5.41, 5.74) is 8.86. The maximum absolute atomic E-state index is 12.5. The lowest BCUT2D eigenvalue weighted by Gasteiger charge is -2.22. The molecular formula is C23H21N7O2S. The molecule has 1 unspecified atom stereocenters. The monoisotopic (exact) mass is 459 g/mol. The number of amides is 2. The molecule has 10 heteroatoms. The molecular weight excluding hydrogens is 438 g/mol. The van der Waals surface area contributed by atoms with Crippen LogP contribution in [0, 0.1) is 0 Å². The molecule has 9 nitrogen and oxygen atoms in total. The quantitative estimate of drug-likeness (QED) is 0.441. The van der Waals surface area contributed by atoms with Gasteiger partial charge in [-0.25, -0.2) is 15.0 Å². The summed E-state index contributed by atoms with van der Waals surface area (Å²) in [5.74, 6) is 0.717. The van der Waals surface area contributed by atoms with Crippen LogP contribution in [-0.2, 0) is 4.79 Å². The number of anilines is 2. The molecule has 0 aliphatic carbocycles. The Morgan fingerprint density at radius 1 is 1.21 bits per heavy atom. The first kappa shape index (κ1) is 20.8. The van der Waals surface area contributed by atoms with E-state index in [0.29, 0.717) is 34.3 Å². The van der Waals surface area contributed by atoms with Crippen molar-refractivity contribution in [1.82, 2.24) is 24.3 Å². The zero-order chi connectivity index (χ0) is 22.9. The van der Waals surface area contributed by atoms with Crippen LogP contribution in [0.25, 0.3) is 16.8 Å². The first-order chi connectivity index (χ1) is 16.1. The fourth-order valence-corrected chi connectivity index (χ4v) is 4.70. The number of nitrogens with zero attached hydrogens (tertiary/aromatic N) is 5. The van der Waals surface area contributed by atoms with Gasteiger partial charge in [0.25, 0.3) is 5.91 Å². The van der Waals surface area contributed by atoms with Crippen LogP contribution in [0.15, 0.2) is 60.9 Å². The van der Waals surface area contributed by atoms with E-state index in [4.69, 9.17) is 10.7 Å². The average molecular weight is 460 g/mol. The van der Waals surface area contributed by atoms with Gasteiger partial charge in [0.1, 0.15) is 22.9 Å². The second kappa shape index (κ2) is 8.47. The van der Waals surface area contributed by atoms with Crippen LogP contribution >= 0.6 is 11.3 Å². The minimum atomic E-state index is -0.238. The third-order valence-corrected chi connectivity index (χ3v) is 6.38. The summed E-state index contributed by atoms with van der Waals surface area (Å²) < 4.78 is 1.90. The number of fused-ring (bicyclic) bond motifs is 1. The molecule has 166 valence electrons. The second-order valence-corrected chi connectivity index (χ2v) is 8.51. The van der Waals surface area contributed by atoms with Crippen LogP contribution in [0.4, 0.5) is 10.9 Å². The first-order valence-electron chi connectivity index (χ1n) is 10.4. The lowest BCUT2D eigenvalue weighted by molar-refractivity contribution is -0.127. The standard InChI is InChI=1S/C23H21N7O2S/c1-2-17(31)29-11-3-4-16(29)21-27-18(19-20(24)25-9-12-30(19)21)14-5-7-15(8-6-14)22(32)28-23-26-10-13-33-23/h2,5-10,12-13,16H,1,3-4,11H2,(H2,24,25)(H,26,28,32). The summed E-state index contributed by atoms with van der Waals surface area (Å²) in [5, 5.41) is 5.11. The fourth-order valence-electron chi connectivity index (χ4n) is 4.17. The molecule has 1 aromatic carbocycles. The molecule has 5 rings (SSSR count). The third-order valence-electron chi connectivity index (χ3n) is 5.69. The number of carbonyl (C=O) groups excluding carboxylic acids is 2. The van der Waals surface area contributed by atoms with E-state index in [1.54, 1.807) is 34.8 Å². The van der Waals surface area contributed by atoms with Gasteiger partial charge < -0.3 is 10.6 Å². The van der Waals surface area contributed by atoms with Gasteiger partial charge in [-0.2, -0.15) is 0 Å². The minimum Gasteiger partial charge on any atom is -0.382 e. The molecule has 1 aliphatic rings. The zero-order valence-corrected chi connectivity index (χ0v) is 18.5. The summed E-state index contributed by atoms with van der Waals surface area (Å²) in [6.45, 7) is 4.28. The highest BCUT2D eigenvalue weighted by molar-refractivity contribution is 7.13. The molecule has 0 saturated carbocycles. The van der Waals surface area contributed by atoms with Crippen molar-refractivity contribution in [2.24, 2.45) is 0 Å². The van der Waals surface area contributed by atoms with Crippen LogP contribution in [0.2, 0.25) is 0 Å². The molecule has 1 aliphatic heterocycles. The Labute approximate surface area is 193 Å². The normalized spacial score (nSPS) is 15.6. The molecule has 1 atom stereocenters. The molecule has 4 aromatic rings. The molecule has 0 bridgehead atoms. The first-order valence-corrected chi connectivity index (χ1v) is 11.3. The number of nitrogen functional groups attached to an aromatic ring is 1. The maximum Gasteiger partial charge on any atom is 0.257 e. The van der Waals surface area contributed by atoms with E-state index in [9.17, 15) is 9.59 Å². The average Bonchev–Trinajstić information content (AvgIpc) is 3.58. The predicted octanol–water partition coefficient (Wildman–Crippen LogP) is 3.54. The zero-order valence-electron chi connectivity index (χ0n) is 17.6. The van der Waals surface area contributed by atoms with Crippen molar-refractivity contribution in [3.63, 3.8) is 0 Å². The number of hydrogen-bond donors (Lipinski definition) is 2. The van der Waals surface area contributed by atoms with Gasteiger partial charge in [0.05, 0.1) is 6.04 Å². The predicted molar refractivity (Wildman–Crippen MR) is 127 cm³/mol. The molecule has 33 heavy (non-hydrogen) atoms. The molecule has 3 aromatic heterocycles. The molecule has 1 saturated heterocycles. The number of benzene rings is 1. The number of likely N-dealkylation sites (tertiary alicyclic amines) is 1. The Hall–Kier alpha value is -4.05. The van der Waals surface area contributed by atoms with Gasteiger partial charge in [0.15, 0.2) is 5.13 Å². The van der Waals surface area contributed by atoms with E-state index >= 15 is 0 Å². The number of rotatable bonds is 5. The fraction of sp³-hybridized carbons (Fsp3) is 0.174. The SMILES string of the molecule is C=CC(=O)N1CCCC1c1nc(-c2ccc(C(=O)Nc3nccs3)cc2)c2c(N)nccn12. The van der Waals surface area contributed by atoms with Gasteiger partial charge in [0, 0.05) is 41.6 Å². The molecule has 0 radical (unpaired) electrons. The Bertz CT molecular complexity index is 1350. The molecule has 1 fully saturated rings. The largest absolute Gasteiger partial charge is 0.382 e. The van der Waals surface area contributed by atoms with Gasteiger partial charge in [-0.15, -0.1) is 11.3 Å². The summed E-state index contributed by atoms with van der Waals surface area (Å²) in [7, 11) is 0. The summed E-state index contributed by atoms with van der Waals surface area (Å²) in [4.78, 5) is 39.9. The van der Waals surface area contributed by atoms with E-state index < -0.39 is 0 Å². The minimum absolute atomic E-state index is 0.117. The summed E-state index contributed by atoms with van der Waals surface area (Å²) >= 11 is 1.36. The number of nitrogens with two attached hydrogens (primary N) is 1. The van der Waals surface area contributed by atoms with E-state index in [1.165, 1.54) is 17.4 Å². The molecule has 3 N–H and O–H groups in total. The lowest BCUT2D eigenvalue weighted by Crippen LogP contribution is -2.29. The number of hydrogen-bond acceptors (Lipinski definition) is 7. The Kier molecular flexibility index (Phi) is 5.35.